The average molecular weight is 221 g/mol. The average Bonchev–Trinajstić information content (AvgIpc) is 2.66. The Bertz CT molecular complexity index is 273. The highest BCUT2D eigenvalue weighted by atomic mass is 16.3. The zero-order valence-electron chi connectivity index (χ0n) is 10.2. The molecule has 0 bridgehead atoms. The predicted octanol–water partition coefficient (Wildman–Crippen LogP) is 3.73. The summed E-state index contributed by atoms with van der Waals surface area (Å²) in [5.74, 6) is 1.90. The van der Waals surface area contributed by atoms with E-state index in [9.17, 15) is 0 Å². The van der Waals surface area contributed by atoms with E-state index in [1.54, 1.807) is 6.26 Å². The number of hydrogen-bond donors (Lipinski definition) is 1. The zero-order chi connectivity index (χ0) is 11.2. The summed E-state index contributed by atoms with van der Waals surface area (Å²) in [6, 6.07) is 4.60. The summed E-state index contributed by atoms with van der Waals surface area (Å²) in [7, 11) is 0. The highest BCUT2D eigenvalue weighted by molar-refractivity contribution is 4.97. The van der Waals surface area contributed by atoms with Crippen molar-refractivity contribution in [2.75, 3.05) is 0 Å². The molecule has 1 aromatic rings. The van der Waals surface area contributed by atoms with E-state index in [4.69, 9.17) is 4.42 Å². The molecule has 1 fully saturated rings. The van der Waals surface area contributed by atoms with E-state index >= 15 is 0 Å². The topological polar surface area (TPSA) is 25.2 Å². The van der Waals surface area contributed by atoms with Gasteiger partial charge in [-0.1, -0.05) is 25.7 Å². The highest BCUT2D eigenvalue weighted by Crippen LogP contribution is 2.25. The summed E-state index contributed by atoms with van der Waals surface area (Å²) in [6.07, 6.45) is 10.2. The maximum atomic E-state index is 5.33. The molecule has 0 saturated heterocycles. The van der Waals surface area contributed by atoms with Crippen LogP contribution in [0.25, 0.3) is 0 Å². The standard InChI is InChI=1S/C14H23NO/c1-12(13-7-4-2-3-5-8-13)15-11-14-9-6-10-16-14/h6,9-10,12-13,15H,2-5,7-8,11H2,1H3/t12-/m1/s1. The van der Waals surface area contributed by atoms with Gasteiger partial charge in [0.1, 0.15) is 5.76 Å². The van der Waals surface area contributed by atoms with E-state index in [1.165, 1.54) is 38.5 Å². The van der Waals surface area contributed by atoms with Crippen molar-refractivity contribution in [1.82, 2.24) is 5.32 Å². The quantitative estimate of drug-likeness (QED) is 0.784. The Hall–Kier alpha value is -0.760. The fourth-order valence-electron chi connectivity index (χ4n) is 2.65. The fraction of sp³-hybridized carbons (Fsp3) is 0.714. The Kier molecular flexibility index (Phi) is 4.46. The molecule has 1 aliphatic carbocycles. The molecule has 1 N–H and O–H groups in total. The molecule has 1 aliphatic rings. The minimum atomic E-state index is 0.614. The van der Waals surface area contributed by atoms with Gasteiger partial charge in [0.05, 0.1) is 12.8 Å². The van der Waals surface area contributed by atoms with Crippen molar-refractivity contribution in [3.63, 3.8) is 0 Å². The van der Waals surface area contributed by atoms with E-state index in [2.05, 4.69) is 12.2 Å². The number of rotatable bonds is 4. The van der Waals surface area contributed by atoms with Gasteiger partial charge in [0.25, 0.3) is 0 Å². The normalized spacial score (nSPS) is 20.6. The van der Waals surface area contributed by atoms with Gasteiger partial charge in [0.15, 0.2) is 0 Å². The molecule has 0 amide bonds. The van der Waals surface area contributed by atoms with Gasteiger partial charge in [0, 0.05) is 6.04 Å². The number of hydrogen-bond acceptors (Lipinski definition) is 2. The van der Waals surface area contributed by atoms with Gasteiger partial charge < -0.3 is 9.73 Å². The van der Waals surface area contributed by atoms with Crippen molar-refractivity contribution in [3.05, 3.63) is 24.2 Å². The van der Waals surface area contributed by atoms with Gasteiger partial charge >= 0.3 is 0 Å². The van der Waals surface area contributed by atoms with Crippen LogP contribution in [0.1, 0.15) is 51.2 Å². The molecule has 16 heavy (non-hydrogen) atoms. The van der Waals surface area contributed by atoms with Crippen LogP contribution in [0.2, 0.25) is 0 Å². The molecular formula is C14H23NO. The molecule has 0 spiro atoms. The summed E-state index contributed by atoms with van der Waals surface area (Å²) in [5, 5.41) is 3.59. The maximum absolute atomic E-state index is 5.33. The second-order valence-corrected chi connectivity index (χ2v) is 5.00. The first-order chi connectivity index (χ1) is 7.86. The molecule has 0 unspecified atom stereocenters. The lowest BCUT2D eigenvalue weighted by Crippen LogP contribution is -2.32. The lowest BCUT2D eigenvalue weighted by molar-refractivity contribution is 0.326. The summed E-state index contributed by atoms with van der Waals surface area (Å²) in [6.45, 7) is 3.18. The summed E-state index contributed by atoms with van der Waals surface area (Å²) in [4.78, 5) is 0. The third-order valence-corrected chi connectivity index (χ3v) is 3.79. The predicted molar refractivity (Wildman–Crippen MR) is 66.2 cm³/mol. The molecule has 0 radical (unpaired) electrons. The highest BCUT2D eigenvalue weighted by Gasteiger charge is 2.18. The molecule has 2 heteroatoms. The molecular weight excluding hydrogens is 198 g/mol. The molecule has 0 aliphatic heterocycles. The largest absolute Gasteiger partial charge is 0.468 e. The van der Waals surface area contributed by atoms with Gasteiger partial charge in [-0.05, 0) is 37.8 Å². The Balaban J connectivity index is 1.75. The van der Waals surface area contributed by atoms with Gasteiger partial charge in [-0.2, -0.15) is 0 Å². The van der Waals surface area contributed by atoms with Crippen LogP contribution in [0.4, 0.5) is 0 Å². The van der Waals surface area contributed by atoms with E-state index in [0.29, 0.717) is 6.04 Å². The van der Waals surface area contributed by atoms with Crippen LogP contribution >= 0.6 is 0 Å². The molecule has 1 aromatic heterocycles. The summed E-state index contributed by atoms with van der Waals surface area (Å²) < 4.78 is 5.33. The Morgan fingerprint density at radius 3 is 2.69 bits per heavy atom. The van der Waals surface area contributed by atoms with Crippen LogP contribution < -0.4 is 5.32 Å². The van der Waals surface area contributed by atoms with Crippen LogP contribution in [0.3, 0.4) is 0 Å². The SMILES string of the molecule is C[C@@H](NCc1ccco1)C1CCCCCC1. The summed E-state index contributed by atoms with van der Waals surface area (Å²) >= 11 is 0. The van der Waals surface area contributed by atoms with E-state index in [1.807, 2.05) is 12.1 Å². The second kappa shape index (κ2) is 6.09. The van der Waals surface area contributed by atoms with Gasteiger partial charge in [-0.15, -0.1) is 0 Å². The van der Waals surface area contributed by atoms with E-state index in [0.717, 1.165) is 18.2 Å². The molecule has 1 saturated carbocycles. The van der Waals surface area contributed by atoms with Crippen molar-refractivity contribution < 1.29 is 4.42 Å². The molecule has 2 nitrogen and oxygen atoms in total. The fourth-order valence-corrected chi connectivity index (χ4v) is 2.65. The Morgan fingerprint density at radius 2 is 2.06 bits per heavy atom. The molecule has 0 aromatic carbocycles. The third kappa shape index (κ3) is 3.38. The summed E-state index contributed by atoms with van der Waals surface area (Å²) in [5.41, 5.74) is 0. The van der Waals surface area contributed by atoms with Crippen molar-refractivity contribution in [2.24, 2.45) is 5.92 Å². The minimum Gasteiger partial charge on any atom is -0.468 e. The van der Waals surface area contributed by atoms with Crippen LogP contribution in [-0.2, 0) is 6.54 Å². The van der Waals surface area contributed by atoms with Crippen LogP contribution in [-0.4, -0.2) is 6.04 Å². The molecule has 2 rings (SSSR count). The van der Waals surface area contributed by atoms with Crippen LogP contribution in [0.5, 0.6) is 0 Å². The third-order valence-electron chi connectivity index (χ3n) is 3.79. The lowest BCUT2D eigenvalue weighted by Gasteiger charge is -2.23. The molecule has 90 valence electrons. The second-order valence-electron chi connectivity index (χ2n) is 5.00. The number of nitrogens with one attached hydrogen (secondary N) is 1. The Morgan fingerprint density at radius 1 is 1.31 bits per heavy atom. The molecule has 1 heterocycles. The first kappa shape index (κ1) is 11.7. The zero-order valence-corrected chi connectivity index (χ0v) is 10.2. The van der Waals surface area contributed by atoms with Gasteiger partial charge in [0.2, 0.25) is 0 Å². The van der Waals surface area contributed by atoms with Crippen LogP contribution in [0.15, 0.2) is 22.8 Å². The van der Waals surface area contributed by atoms with Crippen LogP contribution in [0, 0.1) is 5.92 Å². The number of furan rings is 1. The van der Waals surface area contributed by atoms with E-state index in [-0.39, 0.29) is 0 Å². The smallest absolute Gasteiger partial charge is 0.117 e. The van der Waals surface area contributed by atoms with Crippen molar-refractivity contribution >= 4 is 0 Å². The van der Waals surface area contributed by atoms with Gasteiger partial charge in [-0.3, -0.25) is 0 Å². The van der Waals surface area contributed by atoms with Crippen molar-refractivity contribution in [3.8, 4) is 0 Å². The molecule has 1 atom stereocenters. The maximum Gasteiger partial charge on any atom is 0.117 e. The Labute approximate surface area is 98.4 Å². The monoisotopic (exact) mass is 221 g/mol. The van der Waals surface area contributed by atoms with E-state index < -0.39 is 0 Å². The van der Waals surface area contributed by atoms with Crippen molar-refractivity contribution in [2.45, 2.75) is 58.0 Å². The minimum absolute atomic E-state index is 0.614. The first-order valence-electron chi connectivity index (χ1n) is 6.62. The lowest BCUT2D eigenvalue weighted by atomic mass is 9.93. The van der Waals surface area contributed by atoms with Gasteiger partial charge in [-0.25, -0.2) is 0 Å². The first-order valence-corrected chi connectivity index (χ1v) is 6.62. The van der Waals surface area contributed by atoms with Crippen molar-refractivity contribution in [1.29, 1.82) is 0 Å².